The molecule has 0 bridgehead atoms. The molecule has 0 atom stereocenters. The predicted octanol–water partition coefficient (Wildman–Crippen LogP) is 1.27. The minimum absolute atomic E-state index is 0.165. The standard InChI is InChI=1S/C9H8FNO2/c1-6-4-7(2-3-8(6)10)11-9(13)5-12/h2-5H,1H3,(H,11,13). The molecule has 0 radical (unpaired) electrons. The third-order valence-electron chi connectivity index (χ3n) is 1.53. The number of hydrogen-bond acceptors (Lipinski definition) is 2. The lowest BCUT2D eigenvalue weighted by Gasteiger charge is -2.02. The Bertz CT molecular complexity index is 349. The predicted molar refractivity (Wildman–Crippen MR) is 45.8 cm³/mol. The second-order valence-corrected chi connectivity index (χ2v) is 2.57. The lowest BCUT2D eigenvalue weighted by molar-refractivity contribution is -0.127. The summed E-state index contributed by atoms with van der Waals surface area (Å²) in [4.78, 5) is 20.6. The van der Waals surface area contributed by atoms with Gasteiger partial charge in [0.1, 0.15) is 5.82 Å². The normalized spacial score (nSPS) is 9.38. The van der Waals surface area contributed by atoms with Gasteiger partial charge in [0.25, 0.3) is 5.91 Å². The molecule has 4 heteroatoms. The van der Waals surface area contributed by atoms with Crippen molar-refractivity contribution in [2.75, 3.05) is 5.32 Å². The Hall–Kier alpha value is -1.71. The van der Waals surface area contributed by atoms with E-state index >= 15 is 0 Å². The maximum atomic E-state index is 12.7. The number of halogens is 1. The lowest BCUT2D eigenvalue weighted by atomic mass is 10.2. The first-order valence-corrected chi connectivity index (χ1v) is 3.66. The van der Waals surface area contributed by atoms with Gasteiger partial charge in [-0.05, 0) is 30.7 Å². The van der Waals surface area contributed by atoms with Crippen LogP contribution in [0.2, 0.25) is 0 Å². The van der Waals surface area contributed by atoms with Crippen LogP contribution in [-0.2, 0) is 9.59 Å². The summed E-state index contributed by atoms with van der Waals surface area (Å²) in [5.74, 6) is -1.09. The van der Waals surface area contributed by atoms with Crippen LogP contribution in [0.25, 0.3) is 0 Å². The smallest absolute Gasteiger partial charge is 0.288 e. The lowest BCUT2D eigenvalue weighted by Crippen LogP contribution is -2.12. The van der Waals surface area contributed by atoms with Gasteiger partial charge in [-0.2, -0.15) is 0 Å². The average Bonchev–Trinajstić information content (AvgIpc) is 2.11. The Morgan fingerprint density at radius 1 is 1.54 bits per heavy atom. The van der Waals surface area contributed by atoms with Crippen molar-refractivity contribution in [2.24, 2.45) is 0 Å². The van der Waals surface area contributed by atoms with Crippen LogP contribution in [0.4, 0.5) is 10.1 Å². The third kappa shape index (κ3) is 2.37. The van der Waals surface area contributed by atoms with Gasteiger partial charge in [-0.3, -0.25) is 9.59 Å². The molecule has 0 fully saturated rings. The highest BCUT2D eigenvalue weighted by atomic mass is 19.1. The SMILES string of the molecule is Cc1cc(NC(=O)C=O)ccc1F. The Labute approximate surface area is 74.6 Å². The Balaban J connectivity index is 2.85. The molecule has 1 N–H and O–H groups in total. The zero-order valence-corrected chi connectivity index (χ0v) is 7.00. The minimum atomic E-state index is -0.744. The molecule has 1 aromatic rings. The first kappa shape index (κ1) is 9.38. The van der Waals surface area contributed by atoms with Crippen LogP contribution in [0, 0.1) is 12.7 Å². The molecular formula is C9H8FNO2. The first-order chi connectivity index (χ1) is 6.13. The van der Waals surface area contributed by atoms with E-state index in [4.69, 9.17) is 0 Å². The van der Waals surface area contributed by atoms with Gasteiger partial charge < -0.3 is 5.32 Å². The molecular weight excluding hydrogens is 173 g/mol. The van der Waals surface area contributed by atoms with E-state index in [1.165, 1.54) is 18.2 Å². The second-order valence-electron chi connectivity index (χ2n) is 2.57. The summed E-state index contributed by atoms with van der Waals surface area (Å²) in [5, 5.41) is 2.29. The quantitative estimate of drug-likeness (QED) is 0.551. The summed E-state index contributed by atoms with van der Waals surface area (Å²) in [7, 11) is 0. The molecule has 13 heavy (non-hydrogen) atoms. The van der Waals surface area contributed by atoms with Gasteiger partial charge in [-0.25, -0.2) is 4.39 Å². The molecule has 0 aliphatic carbocycles. The molecule has 0 saturated carbocycles. The number of nitrogens with one attached hydrogen (secondary N) is 1. The van der Waals surface area contributed by atoms with E-state index < -0.39 is 5.91 Å². The summed E-state index contributed by atoms with van der Waals surface area (Å²) in [6.45, 7) is 1.58. The maximum absolute atomic E-state index is 12.7. The van der Waals surface area contributed by atoms with Crippen LogP contribution in [0.15, 0.2) is 18.2 Å². The summed E-state index contributed by atoms with van der Waals surface area (Å²) in [6.07, 6.45) is 0.165. The van der Waals surface area contributed by atoms with Crippen LogP contribution >= 0.6 is 0 Å². The van der Waals surface area contributed by atoms with Crippen molar-refractivity contribution in [1.82, 2.24) is 0 Å². The van der Waals surface area contributed by atoms with Crippen molar-refractivity contribution in [3.63, 3.8) is 0 Å². The van der Waals surface area contributed by atoms with E-state index in [0.29, 0.717) is 11.3 Å². The molecule has 1 aromatic carbocycles. The van der Waals surface area contributed by atoms with E-state index in [9.17, 15) is 14.0 Å². The number of amides is 1. The Kier molecular flexibility index (Phi) is 2.74. The first-order valence-electron chi connectivity index (χ1n) is 3.66. The van der Waals surface area contributed by atoms with E-state index in [0.717, 1.165) is 0 Å². The molecule has 3 nitrogen and oxygen atoms in total. The second kappa shape index (κ2) is 3.80. The number of anilines is 1. The number of aryl methyl sites for hydroxylation is 1. The van der Waals surface area contributed by atoms with Crippen LogP contribution in [-0.4, -0.2) is 12.2 Å². The summed E-state index contributed by atoms with van der Waals surface area (Å²) < 4.78 is 12.7. The van der Waals surface area contributed by atoms with Gasteiger partial charge in [0.05, 0.1) is 0 Å². The highest BCUT2D eigenvalue weighted by Gasteiger charge is 2.01. The van der Waals surface area contributed by atoms with Crippen molar-refractivity contribution in [3.05, 3.63) is 29.6 Å². The van der Waals surface area contributed by atoms with Crippen LogP contribution in [0.1, 0.15) is 5.56 Å². The maximum Gasteiger partial charge on any atom is 0.288 e. The average molecular weight is 181 g/mol. The summed E-state index contributed by atoms with van der Waals surface area (Å²) in [5.41, 5.74) is 0.833. The topological polar surface area (TPSA) is 46.2 Å². The zero-order valence-electron chi connectivity index (χ0n) is 7.00. The van der Waals surface area contributed by atoms with E-state index in [1.807, 2.05) is 0 Å². The van der Waals surface area contributed by atoms with E-state index in [2.05, 4.69) is 5.32 Å². The van der Waals surface area contributed by atoms with E-state index in [1.54, 1.807) is 6.92 Å². The summed E-state index contributed by atoms with van der Waals surface area (Å²) >= 11 is 0. The van der Waals surface area contributed by atoms with Crippen LogP contribution in [0.5, 0.6) is 0 Å². The zero-order chi connectivity index (χ0) is 9.84. The monoisotopic (exact) mass is 181 g/mol. The molecule has 0 aliphatic heterocycles. The molecule has 0 aromatic heterocycles. The summed E-state index contributed by atoms with van der Waals surface area (Å²) in [6, 6.07) is 4.08. The fourth-order valence-corrected chi connectivity index (χ4v) is 0.894. The number of rotatable bonds is 2. The van der Waals surface area contributed by atoms with Crippen molar-refractivity contribution >= 4 is 17.9 Å². The molecule has 0 saturated heterocycles. The van der Waals surface area contributed by atoms with Gasteiger partial charge in [0.2, 0.25) is 6.29 Å². The fourth-order valence-electron chi connectivity index (χ4n) is 0.894. The van der Waals surface area contributed by atoms with Gasteiger partial charge >= 0.3 is 0 Å². The number of carbonyl (C=O) groups is 2. The molecule has 0 spiro atoms. The van der Waals surface area contributed by atoms with Crippen molar-refractivity contribution in [3.8, 4) is 0 Å². The number of benzene rings is 1. The number of aldehydes is 1. The fraction of sp³-hybridized carbons (Fsp3) is 0.111. The van der Waals surface area contributed by atoms with Gasteiger partial charge in [-0.15, -0.1) is 0 Å². The van der Waals surface area contributed by atoms with Crippen molar-refractivity contribution in [2.45, 2.75) is 6.92 Å². The van der Waals surface area contributed by atoms with Crippen LogP contribution in [0.3, 0.4) is 0 Å². The highest BCUT2D eigenvalue weighted by molar-refractivity contribution is 6.29. The Morgan fingerprint density at radius 2 is 2.23 bits per heavy atom. The number of carbonyl (C=O) groups excluding carboxylic acids is 2. The largest absolute Gasteiger partial charge is 0.320 e. The molecule has 0 unspecified atom stereocenters. The minimum Gasteiger partial charge on any atom is -0.320 e. The Morgan fingerprint density at radius 3 is 2.77 bits per heavy atom. The molecule has 1 amide bonds. The van der Waals surface area contributed by atoms with Gasteiger partial charge in [-0.1, -0.05) is 0 Å². The molecule has 68 valence electrons. The molecule has 1 rings (SSSR count). The van der Waals surface area contributed by atoms with Crippen molar-refractivity contribution < 1.29 is 14.0 Å². The molecule has 0 heterocycles. The third-order valence-corrected chi connectivity index (χ3v) is 1.53. The number of hydrogen-bond donors (Lipinski definition) is 1. The van der Waals surface area contributed by atoms with E-state index in [-0.39, 0.29) is 12.1 Å². The van der Waals surface area contributed by atoms with Crippen LogP contribution < -0.4 is 5.32 Å². The van der Waals surface area contributed by atoms with Gasteiger partial charge in [0, 0.05) is 5.69 Å². The molecule has 0 aliphatic rings. The van der Waals surface area contributed by atoms with Crippen molar-refractivity contribution in [1.29, 1.82) is 0 Å². The highest BCUT2D eigenvalue weighted by Crippen LogP contribution is 2.12. The van der Waals surface area contributed by atoms with Gasteiger partial charge in [0.15, 0.2) is 0 Å².